The highest BCUT2D eigenvalue weighted by atomic mass is 19.1. The van der Waals surface area contributed by atoms with Crippen molar-refractivity contribution in [1.29, 1.82) is 0 Å². The number of nitrogens with one attached hydrogen (secondary N) is 2. The van der Waals surface area contributed by atoms with E-state index in [0.29, 0.717) is 36.9 Å². The molecular weight excluding hydrogens is 335 g/mol. The number of hydrogen-bond donors (Lipinski definition) is 2. The van der Waals surface area contributed by atoms with Crippen molar-refractivity contribution in [2.45, 2.75) is 25.3 Å². The van der Waals surface area contributed by atoms with Gasteiger partial charge in [0.05, 0.1) is 17.9 Å². The van der Waals surface area contributed by atoms with Crippen molar-refractivity contribution in [2.24, 2.45) is 0 Å². The van der Waals surface area contributed by atoms with E-state index in [2.05, 4.69) is 20.9 Å². The highest BCUT2D eigenvalue weighted by Gasteiger charge is 2.18. The van der Waals surface area contributed by atoms with Crippen molar-refractivity contribution in [3.05, 3.63) is 42.0 Å². The Labute approximate surface area is 152 Å². The van der Waals surface area contributed by atoms with Crippen LogP contribution in [0.1, 0.15) is 35.8 Å². The zero-order valence-corrected chi connectivity index (χ0v) is 15.0. The molecule has 1 saturated heterocycles. The summed E-state index contributed by atoms with van der Waals surface area (Å²) in [7, 11) is 1.84. The van der Waals surface area contributed by atoms with Crippen LogP contribution >= 0.6 is 0 Å². The Morgan fingerprint density at radius 2 is 2.15 bits per heavy atom. The SMILES string of the molecule is CN(CCCNC(=O)c1cn(C2CCNCC2)nn1)c1ccccc1F. The molecule has 1 aliphatic rings. The second-order valence-corrected chi connectivity index (χ2v) is 6.55. The summed E-state index contributed by atoms with van der Waals surface area (Å²) in [6, 6.07) is 6.97. The van der Waals surface area contributed by atoms with Crippen molar-refractivity contribution < 1.29 is 9.18 Å². The van der Waals surface area contributed by atoms with Crippen LogP contribution in [0.2, 0.25) is 0 Å². The van der Waals surface area contributed by atoms with Gasteiger partial charge in [-0.3, -0.25) is 4.79 Å². The summed E-state index contributed by atoms with van der Waals surface area (Å²) in [6.07, 6.45) is 4.41. The van der Waals surface area contributed by atoms with Crippen LogP contribution in [0.4, 0.5) is 10.1 Å². The number of para-hydroxylation sites is 1. The van der Waals surface area contributed by atoms with Gasteiger partial charge in [0.25, 0.3) is 5.91 Å². The molecule has 0 aliphatic carbocycles. The van der Waals surface area contributed by atoms with Crippen molar-refractivity contribution in [3.8, 4) is 0 Å². The van der Waals surface area contributed by atoms with Crippen LogP contribution in [-0.2, 0) is 0 Å². The summed E-state index contributed by atoms with van der Waals surface area (Å²) in [5.41, 5.74) is 0.898. The predicted molar refractivity (Wildman–Crippen MR) is 97.8 cm³/mol. The maximum atomic E-state index is 13.7. The van der Waals surface area contributed by atoms with Crippen LogP contribution in [0.25, 0.3) is 0 Å². The number of piperidine rings is 1. The topological polar surface area (TPSA) is 75.1 Å². The number of carbonyl (C=O) groups excluding carboxylic acids is 1. The Kier molecular flexibility index (Phi) is 6.17. The van der Waals surface area contributed by atoms with Crippen molar-refractivity contribution in [3.63, 3.8) is 0 Å². The van der Waals surface area contributed by atoms with Crippen molar-refractivity contribution in [2.75, 3.05) is 38.1 Å². The van der Waals surface area contributed by atoms with Gasteiger partial charge < -0.3 is 15.5 Å². The zero-order chi connectivity index (χ0) is 18.4. The summed E-state index contributed by atoms with van der Waals surface area (Å²) < 4.78 is 15.5. The third-order valence-corrected chi connectivity index (χ3v) is 4.65. The largest absolute Gasteiger partial charge is 0.372 e. The molecule has 1 aliphatic heterocycles. The summed E-state index contributed by atoms with van der Waals surface area (Å²) in [4.78, 5) is 14.0. The van der Waals surface area contributed by atoms with E-state index in [4.69, 9.17) is 0 Å². The van der Waals surface area contributed by atoms with Gasteiger partial charge in [0.15, 0.2) is 5.69 Å². The molecule has 7 nitrogen and oxygen atoms in total. The molecule has 0 atom stereocenters. The van der Waals surface area contributed by atoms with Gasteiger partial charge in [-0.2, -0.15) is 0 Å². The van der Waals surface area contributed by atoms with E-state index in [1.54, 1.807) is 23.0 Å². The van der Waals surface area contributed by atoms with Crippen LogP contribution in [0, 0.1) is 5.82 Å². The number of nitrogens with zero attached hydrogens (tertiary/aromatic N) is 4. The lowest BCUT2D eigenvalue weighted by Gasteiger charge is -2.22. The fourth-order valence-corrected chi connectivity index (χ4v) is 3.12. The lowest BCUT2D eigenvalue weighted by atomic mass is 10.1. The zero-order valence-electron chi connectivity index (χ0n) is 15.0. The first kappa shape index (κ1) is 18.3. The number of benzene rings is 1. The molecule has 2 heterocycles. The minimum Gasteiger partial charge on any atom is -0.372 e. The molecule has 8 heteroatoms. The highest BCUT2D eigenvalue weighted by Crippen LogP contribution is 2.18. The number of carbonyl (C=O) groups is 1. The monoisotopic (exact) mass is 360 g/mol. The van der Waals surface area contributed by atoms with Crippen molar-refractivity contribution >= 4 is 11.6 Å². The quantitative estimate of drug-likeness (QED) is 0.734. The summed E-state index contributed by atoms with van der Waals surface area (Å²) >= 11 is 0. The predicted octanol–water partition coefficient (Wildman–Crippen LogP) is 1.60. The van der Waals surface area contributed by atoms with E-state index in [9.17, 15) is 9.18 Å². The molecule has 0 spiro atoms. The first-order valence-corrected chi connectivity index (χ1v) is 9.01. The molecule has 26 heavy (non-hydrogen) atoms. The Bertz CT molecular complexity index is 728. The molecule has 0 bridgehead atoms. The molecule has 2 aromatic rings. The van der Waals surface area contributed by atoms with Crippen molar-refractivity contribution in [1.82, 2.24) is 25.6 Å². The molecule has 0 unspecified atom stereocenters. The number of anilines is 1. The minimum absolute atomic E-state index is 0.223. The van der Waals surface area contributed by atoms with Gasteiger partial charge in [-0.05, 0) is 44.5 Å². The summed E-state index contributed by atoms with van der Waals surface area (Å²) in [5.74, 6) is -0.465. The van der Waals surface area contributed by atoms with Gasteiger partial charge in [0.2, 0.25) is 0 Å². The molecule has 1 aromatic heterocycles. The fraction of sp³-hybridized carbons (Fsp3) is 0.500. The fourth-order valence-electron chi connectivity index (χ4n) is 3.12. The number of halogens is 1. The first-order chi connectivity index (χ1) is 12.6. The van der Waals surface area contributed by atoms with Gasteiger partial charge in [0, 0.05) is 20.1 Å². The first-order valence-electron chi connectivity index (χ1n) is 9.01. The average molecular weight is 360 g/mol. The van der Waals surface area contributed by atoms with E-state index < -0.39 is 0 Å². The lowest BCUT2D eigenvalue weighted by molar-refractivity contribution is 0.0948. The van der Waals surface area contributed by atoms with E-state index in [1.165, 1.54) is 6.07 Å². The third kappa shape index (κ3) is 4.57. The number of amides is 1. The van der Waals surface area contributed by atoms with Gasteiger partial charge in [-0.25, -0.2) is 9.07 Å². The molecule has 0 saturated carbocycles. The second-order valence-electron chi connectivity index (χ2n) is 6.55. The standard InChI is InChI=1S/C18H25FN6O/c1-24(17-6-3-2-5-15(17)19)12-4-9-21-18(26)16-13-25(23-22-16)14-7-10-20-11-8-14/h2-3,5-6,13-14,20H,4,7-12H2,1H3,(H,21,26). The van der Waals surface area contributed by atoms with Crippen LogP contribution < -0.4 is 15.5 Å². The van der Waals surface area contributed by atoms with Crippen LogP contribution in [0.3, 0.4) is 0 Å². The smallest absolute Gasteiger partial charge is 0.273 e. The second kappa shape index (κ2) is 8.75. The Morgan fingerprint density at radius 1 is 1.38 bits per heavy atom. The molecule has 140 valence electrons. The lowest BCUT2D eigenvalue weighted by Crippen LogP contribution is -2.30. The van der Waals surface area contributed by atoms with Crippen LogP contribution in [0.15, 0.2) is 30.5 Å². The molecule has 2 N–H and O–H groups in total. The molecular formula is C18H25FN6O. The maximum absolute atomic E-state index is 13.7. The number of aromatic nitrogens is 3. The van der Waals surface area contributed by atoms with Gasteiger partial charge in [0.1, 0.15) is 5.82 Å². The van der Waals surface area contributed by atoms with Crippen LogP contribution in [-0.4, -0.2) is 54.1 Å². The number of hydrogen-bond acceptors (Lipinski definition) is 5. The van der Waals surface area contributed by atoms with Crippen LogP contribution in [0.5, 0.6) is 0 Å². The van der Waals surface area contributed by atoms with Gasteiger partial charge >= 0.3 is 0 Å². The normalized spacial score (nSPS) is 15.0. The van der Waals surface area contributed by atoms with E-state index in [1.807, 2.05) is 18.0 Å². The molecule has 0 radical (unpaired) electrons. The Hall–Kier alpha value is -2.48. The third-order valence-electron chi connectivity index (χ3n) is 4.65. The van der Waals surface area contributed by atoms with E-state index in [-0.39, 0.29) is 11.7 Å². The number of rotatable bonds is 7. The molecule has 1 amide bonds. The Balaban J connectivity index is 1.43. The average Bonchev–Trinajstić information content (AvgIpc) is 3.16. The minimum atomic E-state index is -0.242. The molecule has 1 fully saturated rings. The molecule has 3 rings (SSSR count). The van der Waals surface area contributed by atoms with E-state index >= 15 is 0 Å². The van der Waals surface area contributed by atoms with Gasteiger partial charge in [-0.1, -0.05) is 17.3 Å². The van der Waals surface area contributed by atoms with E-state index in [0.717, 1.165) is 25.9 Å². The highest BCUT2D eigenvalue weighted by molar-refractivity contribution is 5.91. The van der Waals surface area contributed by atoms with Gasteiger partial charge in [-0.15, -0.1) is 5.10 Å². The summed E-state index contributed by atoms with van der Waals surface area (Å²) in [6.45, 7) is 3.06. The maximum Gasteiger partial charge on any atom is 0.273 e. The molecule has 1 aromatic carbocycles. The summed E-state index contributed by atoms with van der Waals surface area (Å²) in [5, 5.41) is 14.2. The Morgan fingerprint density at radius 3 is 2.92 bits per heavy atom.